The molecular formula is C6H17O4Sn. The summed E-state index contributed by atoms with van der Waals surface area (Å²) in [6.45, 7) is 7.98. The molecule has 0 fully saturated rings. The first-order chi connectivity index (χ1) is 4.85. The van der Waals surface area contributed by atoms with Crippen molar-refractivity contribution in [2.75, 3.05) is 19.8 Å². The van der Waals surface area contributed by atoms with Crippen LogP contribution in [0.1, 0.15) is 20.8 Å². The third-order valence-corrected chi connectivity index (χ3v) is 5.28. The van der Waals surface area contributed by atoms with Crippen LogP contribution in [0.25, 0.3) is 0 Å². The van der Waals surface area contributed by atoms with Gasteiger partial charge in [-0.3, -0.25) is 0 Å². The molecule has 0 aliphatic rings. The van der Waals surface area contributed by atoms with E-state index in [4.69, 9.17) is 9.22 Å². The standard InChI is InChI=1S/3C2H5O.H2O.Sn/c3*1-2-3;;/h3*2H2,1H3;1H2;/q3*-1;;+3. The van der Waals surface area contributed by atoms with E-state index in [1.807, 2.05) is 20.8 Å². The average molecular weight is 272 g/mol. The Morgan fingerprint density at radius 2 is 1.09 bits per heavy atom. The Morgan fingerprint density at radius 1 is 0.818 bits per heavy atom. The zero-order chi connectivity index (χ0) is 7.82. The molecule has 0 atom stereocenters. The molecule has 0 aliphatic carbocycles. The fraction of sp³-hybridized carbons (Fsp3) is 1.00. The summed E-state index contributed by atoms with van der Waals surface area (Å²) in [5.74, 6) is 0. The first-order valence-corrected chi connectivity index (χ1v) is 7.10. The van der Waals surface area contributed by atoms with E-state index in [9.17, 15) is 0 Å². The molecule has 4 nitrogen and oxygen atoms in total. The molecule has 0 heterocycles. The van der Waals surface area contributed by atoms with Gasteiger partial charge in [-0.2, -0.15) is 0 Å². The predicted molar refractivity (Wildman–Crippen MR) is 44.2 cm³/mol. The monoisotopic (exact) mass is 273 g/mol. The van der Waals surface area contributed by atoms with Crippen molar-refractivity contribution in [1.82, 2.24) is 0 Å². The van der Waals surface area contributed by atoms with Gasteiger partial charge in [0.2, 0.25) is 0 Å². The maximum absolute atomic E-state index is 5.28. The van der Waals surface area contributed by atoms with Crippen LogP contribution >= 0.6 is 0 Å². The van der Waals surface area contributed by atoms with Crippen LogP contribution in [-0.4, -0.2) is 46.3 Å². The molecule has 11 heavy (non-hydrogen) atoms. The molecule has 0 amide bonds. The van der Waals surface area contributed by atoms with Crippen LogP contribution in [0.5, 0.6) is 0 Å². The SMILES string of the molecule is CC[O][Sn]([O]CC)[O]CC.O. The summed E-state index contributed by atoms with van der Waals surface area (Å²) in [6, 6.07) is 0. The largest absolute Gasteiger partial charge is 0.412 e. The molecule has 69 valence electrons. The van der Waals surface area contributed by atoms with Gasteiger partial charge in [-0.15, -0.1) is 0 Å². The maximum atomic E-state index is 5.28. The molecule has 1 radical (unpaired) electrons. The Morgan fingerprint density at radius 3 is 1.27 bits per heavy atom. The molecule has 0 spiro atoms. The summed E-state index contributed by atoms with van der Waals surface area (Å²) in [5.41, 5.74) is 0. The van der Waals surface area contributed by atoms with Crippen LogP contribution in [0.4, 0.5) is 0 Å². The molecule has 0 saturated carbocycles. The quantitative estimate of drug-likeness (QED) is 0.651. The summed E-state index contributed by atoms with van der Waals surface area (Å²) in [7, 11) is 0. The van der Waals surface area contributed by atoms with E-state index in [1.165, 1.54) is 0 Å². The van der Waals surface area contributed by atoms with Crippen LogP contribution in [-0.2, 0) is 9.22 Å². The van der Waals surface area contributed by atoms with Gasteiger partial charge in [0.1, 0.15) is 0 Å². The third kappa shape index (κ3) is 8.55. The second-order valence-corrected chi connectivity index (χ2v) is 5.45. The van der Waals surface area contributed by atoms with E-state index < -0.39 is 21.0 Å². The average Bonchev–Trinajstić information content (AvgIpc) is 1.90. The topological polar surface area (TPSA) is 59.2 Å². The van der Waals surface area contributed by atoms with Crippen molar-refractivity contribution in [2.24, 2.45) is 0 Å². The number of hydrogen-bond donors (Lipinski definition) is 0. The minimum atomic E-state index is -2.26. The van der Waals surface area contributed by atoms with Gasteiger partial charge in [0.25, 0.3) is 0 Å². The Balaban J connectivity index is 0. The van der Waals surface area contributed by atoms with E-state index in [2.05, 4.69) is 0 Å². The van der Waals surface area contributed by atoms with Gasteiger partial charge in [-0.25, -0.2) is 0 Å². The van der Waals surface area contributed by atoms with E-state index in [0.29, 0.717) is 19.8 Å². The normalized spacial score (nSPS) is 9.82. The van der Waals surface area contributed by atoms with Gasteiger partial charge in [0.15, 0.2) is 0 Å². The smallest absolute Gasteiger partial charge is 0.412 e. The summed E-state index contributed by atoms with van der Waals surface area (Å²) < 4.78 is 15.8. The second-order valence-electron chi connectivity index (χ2n) is 1.55. The molecule has 0 aromatic rings. The fourth-order valence-electron chi connectivity index (χ4n) is 0.479. The second kappa shape index (κ2) is 10.6. The Kier molecular flexibility index (Phi) is 13.7. The van der Waals surface area contributed by atoms with Crippen molar-refractivity contribution in [3.8, 4) is 0 Å². The molecule has 2 N–H and O–H groups in total. The Labute approximate surface area is 76.5 Å². The van der Waals surface area contributed by atoms with Crippen molar-refractivity contribution < 1.29 is 14.7 Å². The molecule has 0 aromatic heterocycles. The maximum Gasteiger partial charge on any atom is -0.412 e. The van der Waals surface area contributed by atoms with Crippen LogP contribution in [0.15, 0.2) is 0 Å². The first-order valence-electron chi connectivity index (χ1n) is 3.60. The molecule has 0 rings (SSSR count). The summed E-state index contributed by atoms with van der Waals surface area (Å²) in [6.07, 6.45) is 0. The van der Waals surface area contributed by atoms with Crippen molar-refractivity contribution >= 4 is 21.0 Å². The van der Waals surface area contributed by atoms with Gasteiger partial charge in [-0.05, 0) is 0 Å². The van der Waals surface area contributed by atoms with E-state index >= 15 is 0 Å². The molecular weight excluding hydrogens is 255 g/mol. The Bertz CT molecular complexity index is 57.3. The third-order valence-electron chi connectivity index (χ3n) is 0.787. The Hall–Kier alpha value is 0.639. The number of hydrogen-bond acceptors (Lipinski definition) is 3. The molecule has 0 unspecified atom stereocenters. The van der Waals surface area contributed by atoms with Crippen LogP contribution < -0.4 is 0 Å². The van der Waals surface area contributed by atoms with Crippen LogP contribution in [0, 0.1) is 0 Å². The number of rotatable bonds is 6. The van der Waals surface area contributed by atoms with Crippen molar-refractivity contribution in [3.63, 3.8) is 0 Å². The summed E-state index contributed by atoms with van der Waals surface area (Å²) >= 11 is -2.26. The van der Waals surface area contributed by atoms with E-state index in [0.717, 1.165) is 0 Å². The zero-order valence-corrected chi connectivity index (χ0v) is 10.2. The van der Waals surface area contributed by atoms with Crippen LogP contribution in [0.2, 0.25) is 0 Å². The molecule has 0 bridgehead atoms. The first kappa shape index (κ1) is 14.2. The minimum absolute atomic E-state index is 0. The summed E-state index contributed by atoms with van der Waals surface area (Å²) in [5, 5.41) is 0. The van der Waals surface area contributed by atoms with Crippen LogP contribution in [0.3, 0.4) is 0 Å². The molecule has 0 saturated heterocycles. The van der Waals surface area contributed by atoms with E-state index in [-0.39, 0.29) is 5.48 Å². The fourth-order valence-corrected chi connectivity index (χ4v) is 3.21. The van der Waals surface area contributed by atoms with Gasteiger partial charge >= 0.3 is 70.8 Å². The van der Waals surface area contributed by atoms with E-state index in [1.54, 1.807) is 0 Å². The van der Waals surface area contributed by atoms with Crippen molar-refractivity contribution in [2.45, 2.75) is 20.8 Å². The van der Waals surface area contributed by atoms with Gasteiger partial charge in [0, 0.05) is 0 Å². The van der Waals surface area contributed by atoms with Gasteiger partial charge in [-0.1, -0.05) is 0 Å². The van der Waals surface area contributed by atoms with Crippen molar-refractivity contribution in [3.05, 3.63) is 0 Å². The summed E-state index contributed by atoms with van der Waals surface area (Å²) in [4.78, 5) is 0. The molecule has 0 aliphatic heterocycles. The molecule has 0 aromatic carbocycles. The minimum Gasteiger partial charge on any atom is -0.412 e. The van der Waals surface area contributed by atoms with Gasteiger partial charge < -0.3 is 5.48 Å². The predicted octanol–water partition coefficient (Wildman–Crippen LogP) is 0.256. The zero-order valence-electron chi connectivity index (χ0n) is 7.35. The molecule has 5 heteroatoms. The van der Waals surface area contributed by atoms with Crippen molar-refractivity contribution in [1.29, 1.82) is 0 Å². The van der Waals surface area contributed by atoms with Gasteiger partial charge in [0.05, 0.1) is 0 Å².